The van der Waals surface area contributed by atoms with E-state index in [0.717, 1.165) is 17.1 Å². The van der Waals surface area contributed by atoms with Crippen molar-refractivity contribution >= 4 is 17.4 Å². The van der Waals surface area contributed by atoms with Crippen molar-refractivity contribution in [3.05, 3.63) is 84.3 Å². The predicted molar refractivity (Wildman–Crippen MR) is 116 cm³/mol. The number of nitrogens with zero attached hydrogens (tertiary/aromatic N) is 3. The van der Waals surface area contributed by atoms with Gasteiger partial charge in [0, 0.05) is 11.7 Å². The molecule has 5 nitrogen and oxygen atoms in total. The van der Waals surface area contributed by atoms with Crippen molar-refractivity contribution in [2.24, 2.45) is 0 Å². The van der Waals surface area contributed by atoms with Crippen molar-refractivity contribution in [1.29, 1.82) is 0 Å². The van der Waals surface area contributed by atoms with E-state index in [-0.39, 0.29) is 5.91 Å². The fourth-order valence-corrected chi connectivity index (χ4v) is 3.76. The van der Waals surface area contributed by atoms with Gasteiger partial charge in [-0.05, 0) is 30.5 Å². The van der Waals surface area contributed by atoms with E-state index in [1.807, 2.05) is 60.7 Å². The van der Waals surface area contributed by atoms with Gasteiger partial charge in [-0.15, -0.1) is 0 Å². The Kier molecular flexibility index (Phi) is 6.15. The first kappa shape index (κ1) is 19.1. The van der Waals surface area contributed by atoms with E-state index in [0.29, 0.717) is 18.3 Å². The van der Waals surface area contributed by atoms with Crippen molar-refractivity contribution in [3.63, 3.8) is 0 Å². The highest BCUT2D eigenvalue weighted by Crippen LogP contribution is 2.22. The molecule has 1 fully saturated rings. The fourth-order valence-electron chi connectivity index (χ4n) is 3.76. The van der Waals surface area contributed by atoms with Crippen LogP contribution in [0.15, 0.2) is 73.1 Å². The van der Waals surface area contributed by atoms with E-state index in [1.54, 1.807) is 17.3 Å². The van der Waals surface area contributed by atoms with Crippen LogP contribution in [0.2, 0.25) is 0 Å². The quantitative estimate of drug-likeness (QED) is 0.643. The second kappa shape index (κ2) is 9.32. The Bertz CT molecular complexity index is 907. The molecular weight excluding hydrogens is 360 g/mol. The summed E-state index contributed by atoms with van der Waals surface area (Å²) in [6.45, 7) is 0.480. The minimum absolute atomic E-state index is 0.156. The van der Waals surface area contributed by atoms with E-state index in [4.69, 9.17) is 0 Å². The normalized spacial score (nSPS) is 14.3. The highest BCUT2D eigenvalue weighted by atomic mass is 16.2. The molecule has 3 aromatic rings. The molecule has 148 valence electrons. The first-order valence-corrected chi connectivity index (χ1v) is 10.3. The summed E-state index contributed by atoms with van der Waals surface area (Å²) in [5, 5.41) is 3.45. The third kappa shape index (κ3) is 4.99. The molecular formula is C24H26N4O. The maximum atomic E-state index is 13.3. The van der Waals surface area contributed by atoms with Gasteiger partial charge in [-0.1, -0.05) is 67.8 Å². The highest BCUT2D eigenvalue weighted by molar-refractivity contribution is 6.04. The SMILES string of the molecule is O=C(c1cnc(NC2CCCCC2)cn1)N(Cc1ccccc1)c1ccccc1. The van der Waals surface area contributed by atoms with Crippen LogP contribution in [-0.4, -0.2) is 21.9 Å². The average Bonchev–Trinajstić information content (AvgIpc) is 2.79. The van der Waals surface area contributed by atoms with Gasteiger partial charge in [0.15, 0.2) is 0 Å². The molecule has 0 radical (unpaired) electrons. The Labute approximate surface area is 171 Å². The summed E-state index contributed by atoms with van der Waals surface area (Å²) in [6, 6.07) is 20.1. The topological polar surface area (TPSA) is 58.1 Å². The number of hydrogen-bond donors (Lipinski definition) is 1. The van der Waals surface area contributed by atoms with Gasteiger partial charge in [0.2, 0.25) is 0 Å². The number of aromatic nitrogens is 2. The molecule has 0 atom stereocenters. The lowest BCUT2D eigenvalue weighted by Crippen LogP contribution is -2.31. The Hall–Kier alpha value is -3.21. The predicted octanol–water partition coefficient (Wildman–Crippen LogP) is 5.07. The second-order valence-electron chi connectivity index (χ2n) is 7.48. The average molecular weight is 386 g/mol. The molecule has 4 rings (SSSR count). The number of para-hydroxylation sites is 1. The first-order chi connectivity index (χ1) is 14.3. The zero-order valence-electron chi connectivity index (χ0n) is 16.5. The molecule has 1 saturated carbocycles. The maximum Gasteiger partial charge on any atom is 0.278 e. The lowest BCUT2D eigenvalue weighted by molar-refractivity contribution is 0.0980. The molecule has 1 aliphatic carbocycles. The zero-order valence-corrected chi connectivity index (χ0v) is 16.5. The molecule has 0 saturated heterocycles. The Balaban J connectivity index is 1.52. The van der Waals surface area contributed by atoms with Crippen LogP contribution in [0.1, 0.15) is 48.2 Å². The highest BCUT2D eigenvalue weighted by Gasteiger charge is 2.20. The lowest BCUT2D eigenvalue weighted by Gasteiger charge is -2.24. The Morgan fingerprint density at radius 2 is 1.59 bits per heavy atom. The molecule has 0 aliphatic heterocycles. The first-order valence-electron chi connectivity index (χ1n) is 10.3. The number of rotatable bonds is 6. The summed E-state index contributed by atoms with van der Waals surface area (Å²) in [7, 11) is 0. The van der Waals surface area contributed by atoms with Crippen LogP contribution >= 0.6 is 0 Å². The van der Waals surface area contributed by atoms with E-state index >= 15 is 0 Å². The summed E-state index contributed by atoms with van der Waals surface area (Å²) < 4.78 is 0. The van der Waals surface area contributed by atoms with Gasteiger partial charge in [0.05, 0.1) is 18.9 Å². The summed E-state index contributed by atoms with van der Waals surface area (Å²) in [5.41, 5.74) is 2.25. The van der Waals surface area contributed by atoms with Gasteiger partial charge < -0.3 is 10.2 Å². The molecule has 0 spiro atoms. The third-order valence-corrected chi connectivity index (χ3v) is 5.32. The Morgan fingerprint density at radius 1 is 0.897 bits per heavy atom. The Morgan fingerprint density at radius 3 is 2.24 bits per heavy atom. The maximum absolute atomic E-state index is 13.3. The van der Waals surface area contributed by atoms with Crippen molar-refractivity contribution in [2.45, 2.75) is 44.7 Å². The number of anilines is 2. The van der Waals surface area contributed by atoms with Crippen molar-refractivity contribution in [1.82, 2.24) is 9.97 Å². The van der Waals surface area contributed by atoms with Gasteiger partial charge in [-0.3, -0.25) is 4.79 Å². The zero-order chi connectivity index (χ0) is 19.9. The smallest absolute Gasteiger partial charge is 0.278 e. The minimum atomic E-state index is -0.156. The molecule has 1 heterocycles. The molecule has 5 heteroatoms. The third-order valence-electron chi connectivity index (χ3n) is 5.32. The summed E-state index contributed by atoms with van der Waals surface area (Å²) >= 11 is 0. The van der Waals surface area contributed by atoms with Crippen LogP contribution < -0.4 is 10.2 Å². The number of carbonyl (C=O) groups is 1. The number of benzene rings is 2. The lowest BCUT2D eigenvalue weighted by atomic mass is 9.96. The molecule has 1 amide bonds. The van der Waals surface area contributed by atoms with E-state index in [2.05, 4.69) is 15.3 Å². The monoisotopic (exact) mass is 386 g/mol. The second-order valence-corrected chi connectivity index (χ2v) is 7.48. The largest absolute Gasteiger partial charge is 0.366 e. The van der Waals surface area contributed by atoms with Crippen LogP contribution in [0, 0.1) is 0 Å². The van der Waals surface area contributed by atoms with Crippen molar-refractivity contribution in [2.75, 3.05) is 10.2 Å². The van der Waals surface area contributed by atoms with E-state index in [9.17, 15) is 4.79 Å². The van der Waals surface area contributed by atoms with Gasteiger partial charge in [-0.2, -0.15) is 0 Å². The van der Waals surface area contributed by atoms with Crippen LogP contribution in [0.25, 0.3) is 0 Å². The van der Waals surface area contributed by atoms with Crippen LogP contribution in [0.5, 0.6) is 0 Å². The fraction of sp³-hybridized carbons (Fsp3) is 0.292. The molecule has 1 aromatic heterocycles. The standard InChI is InChI=1S/C24H26N4O/c29-24(22-16-26-23(17-25-22)27-20-12-6-2-7-13-20)28(21-14-8-3-9-15-21)18-19-10-4-1-5-11-19/h1,3-5,8-11,14-17,20H,2,6-7,12-13,18H2,(H,26,27). The van der Waals surface area contributed by atoms with E-state index < -0.39 is 0 Å². The number of hydrogen-bond acceptors (Lipinski definition) is 4. The number of carbonyl (C=O) groups excluding carboxylic acids is 1. The van der Waals surface area contributed by atoms with Crippen LogP contribution in [0.4, 0.5) is 11.5 Å². The summed E-state index contributed by atoms with van der Waals surface area (Å²) in [5.74, 6) is 0.583. The van der Waals surface area contributed by atoms with Gasteiger partial charge in [-0.25, -0.2) is 9.97 Å². The minimum Gasteiger partial charge on any atom is -0.366 e. The summed E-state index contributed by atoms with van der Waals surface area (Å²) in [6.07, 6.45) is 9.42. The van der Waals surface area contributed by atoms with Crippen molar-refractivity contribution in [3.8, 4) is 0 Å². The molecule has 1 aliphatic rings. The van der Waals surface area contributed by atoms with Crippen molar-refractivity contribution < 1.29 is 4.79 Å². The molecule has 0 unspecified atom stereocenters. The van der Waals surface area contributed by atoms with Gasteiger partial charge in [0.1, 0.15) is 11.5 Å². The van der Waals surface area contributed by atoms with E-state index in [1.165, 1.54) is 32.1 Å². The molecule has 1 N–H and O–H groups in total. The molecule has 29 heavy (non-hydrogen) atoms. The summed E-state index contributed by atoms with van der Waals surface area (Å²) in [4.78, 5) is 23.9. The van der Waals surface area contributed by atoms with Gasteiger partial charge >= 0.3 is 0 Å². The van der Waals surface area contributed by atoms with Gasteiger partial charge in [0.25, 0.3) is 5.91 Å². The number of amides is 1. The number of nitrogens with one attached hydrogen (secondary N) is 1. The van der Waals surface area contributed by atoms with Crippen LogP contribution in [-0.2, 0) is 6.54 Å². The molecule has 2 aromatic carbocycles. The van der Waals surface area contributed by atoms with Crippen LogP contribution in [0.3, 0.4) is 0 Å². The molecule has 0 bridgehead atoms.